The lowest BCUT2D eigenvalue weighted by Gasteiger charge is -2.09. The zero-order valence-corrected chi connectivity index (χ0v) is 13.9. The third-order valence-electron chi connectivity index (χ3n) is 4.54. The Morgan fingerprint density at radius 3 is 2.29 bits per heavy atom. The largest absolute Gasteiger partial charge is 0.489 e. The van der Waals surface area contributed by atoms with Gasteiger partial charge in [0.2, 0.25) is 0 Å². The molecule has 0 bridgehead atoms. The lowest BCUT2D eigenvalue weighted by Crippen LogP contribution is -2.09. The van der Waals surface area contributed by atoms with Crippen molar-refractivity contribution < 1.29 is 14.3 Å². The monoisotopic (exact) mass is 324 g/mol. The Morgan fingerprint density at radius 2 is 1.58 bits per heavy atom. The highest BCUT2D eigenvalue weighted by atomic mass is 16.5. The van der Waals surface area contributed by atoms with E-state index < -0.39 is 0 Å². The number of ether oxygens (including phenoxy) is 2. The van der Waals surface area contributed by atoms with Gasteiger partial charge in [0.05, 0.1) is 0 Å². The van der Waals surface area contributed by atoms with E-state index in [-0.39, 0.29) is 5.97 Å². The fourth-order valence-electron chi connectivity index (χ4n) is 3.15. The summed E-state index contributed by atoms with van der Waals surface area (Å²) < 4.78 is 11.1. The highest BCUT2D eigenvalue weighted by Crippen LogP contribution is 2.28. The molecule has 1 saturated carbocycles. The molecule has 0 saturated heterocycles. The number of benzene rings is 2. The van der Waals surface area contributed by atoms with Gasteiger partial charge in [0.1, 0.15) is 18.1 Å². The van der Waals surface area contributed by atoms with Gasteiger partial charge in [-0.2, -0.15) is 0 Å². The van der Waals surface area contributed by atoms with Crippen molar-refractivity contribution in [2.24, 2.45) is 5.92 Å². The van der Waals surface area contributed by atoms with Gasteiger partial charge in [-0.1, -0.05) is 56.0 Å². The minimum atomic E-state index is -0.139. The van der Waals surface area contributed by atoms with Crippen LogP contribution < -0.4 is 9.47 Å². The first-order valence-electron chi connectivity index (χ1n) is 8.77. The van der Waals surface area contributed by atoms with E-state index in [0.29, 0.717) is 24.7 Å². The summed E-state index contributed by atoms with van der Waals surface area (Å²) >= 11 is 0. The van der Waals surface area contributed by atoms with Gasteiger partial charge in [-0.25, -0.2) is 0 Å². The molecule has 3 heteroatoms. The third kappa shape index (κ3) is 5.12. The highest BCUT2D eigenvalue weighted by Gasteiger charge is 2.16. The summed E-state index contributed by atoms with van der Waals surface area (Å²) in [5.41, 5.74) is 1.12. The second kappa shape index (κ2) is 8.53. The van der Waals surface area contributed by atoms with Gasteiger partial charge in [0.25, 0.3) is 0 Å². The fraction of sp³-hybridized carbons (Fsp3) is 0.381. The van der Waals surface area contributed by atoms with Crippen LogP contribution in [0.2, 0.25) is 0 Å². The number of hydrogen-bond acceptors (Lipinski definition) is 3. The highest BCUT2D eigenvalue weighted by molar-refractivity contribution is 5.72. The molecule has 0 radical (unpaired) electrons. The molecule has 1 aliphatic carbocycles. The van der Waals surface area contributed by atoms with Gasteiger partial charge in [0, 0.05) is 6.42 Å². The van der Waals surface area contributed by atoms with E-state index in [1.165, 1.54) is 25.7 Å². The second-order valence-electron chi connectivity index (χ2n) is 6.41. The molecule has 0 heterocycles. The number of carbonyl (C=O) groups is 1. The standard InChI is InChI=1S/C21H24O3/c22-21(15-10-17-6-4-5-7-17)24-20-13-11-19(12-14-20)23-16-18-8-2-1-3-9-18/h1-3,8-9,11-14,17H,4-7,10,15-16H2. The molecular weight excluding hydrogens is 300 g/mol. The molecule has 2 aromatic rings. The molecule has 0 spiro atoms. The summed E-state index contributed by atoms with van der Waals surface area (Å²) in [7, 11) is 0. The van der Waals surface area contributed by atoms with E-state index in [2.05, 4.69) is 0 Å². The number of esters is 1. The smallest absolute Gasteiger partial charge is 0.311 e. The van der Waals surface area contributed by atoms with Crippen LogP contribution in [0.25, 0.3) is 0 Å². The Hall–Kier alpha value is -2.29. The summed E-state index contributed by atoms with van der Waals surface area (Å²) in [5, 5.41) is 0. The maximum atomic E-state index is 11.9. The summed E-state index contributed by atoms with van der Waals surface area (Å²) in [5.74, 6) is 1.93. The summed E-state index contributed by atoms with van der Waals surface area (Å²) in [6.45, 7) is 0.529. The van der Waals surface area contributed by atoms with E-state index in [4.69, 9.17) is 9.47 Å². The van der Waals surface area contributed by atoms with Crippen LogP contribution in [-0.4, -0.2) is 5.97 Å². The van der Waals surface area contributed by atoms with Crippen LogP contribution in [0.15, 0.2) is 54.6 Å². The van der Waals surface area contributed by atoms with Crippen LogP contribution in [0, 0.1) is 5.92 Å². The first-order valence-corrected chi connectivity index (χ1v) is 8.77. The van der Waals surface area contributed by atoms with Crippen molar-refractivity contribution in [3.8, 4) is 11.5 Å². The Kier molecular flexibility index (Phi) is 5.89. The maximum absolute atomic E-state index is 11.9. The lowest BCUT2D eigenvalue weighted by atomic mass is 10.0. The van der Waals surface area contributed by atoms with E-state index in [1.807, 2.05) is 42.5 Å². The molecule has 1 fully saturated rings. The molecule has 3 rings (SSSR count). The van der Waals surface area contributed by atoms with Gasteiger partial charge in [-0.3, -0.25) is 4.79 Å². The summed E-state index contributed by atoms with van der Waals surface area (Å²) in [6.07, 6.45) is 6.61. The molecule has 2 aromatic carbocycles. The molecule has 0 aliphatic heterocycles. The quantitative estimate of drug-likeness (QED) is 0.522. The lowest BCUT2D eigenvalue weighted by molar-refractivity contribution is -0.134. The molecule has 3 nitrogen and oxygen atoms in total. The zero-order chi connectivity index (χ0) is 16.6. The molecule has 0 unspecified atom stereocenters. The minimum Gasteiger partial charge on any atom is -0.489 e. The van der Waals surface area contributed by atoms with Crippen molar-refractivity contribution in [2.75, 3.05) is 0 Å². The molecule has 24 heavy (non-hydrogen) atoms. The van der Waals surface area contributed by atoms with Crippen LogP contribution >= 0.6 is 0 Å². The first kappa shape index (κ1) is 16.6. The van der Waals surface area contributed by atoms with Crippen molar-refractivity contribution >= 4 is 5.97 Å². The number of rotatable bonds is 7. The van der Waals surface area contributed by atoms with Gasteiger partial charge >= 0.3 is 5.97 Å². The van der Waals surface area contributed by atoms with Crippen LogP contribution in [0.3, 0.4) is 0 Å². The van der Waals surface area contributed by atoms with Crippen LogP contribution in [0.4, 0.5) is 0 Å². The van der Waals surface area contributed by atoms with Crippen LogP contribution in [-0.2, 0) is 11.4 Å². The molecule has 0 N–H and O–H groups in total. The zero-order valence-electron chi connectivity index (χ0n) is 13.9. The van der Waals surface area contributed by atoms with E-state index in [9.17, 15) is 4.79 Å². The average Bonchev–Trinajstić information content (AvgIpc) is 3.14. The molecule has 126 valence electrons. The topological polar surface area (TPSA) is 35.5 Å². The normalized spacial score (nSPS) is 14.5. The van der Waals surface area contributed by atoms with E-state index in [0.717, 1.165) is 17.7 Å². The third-order valence-corrected chi connectivity index (χ3v) is 4.54. The predicted octanol–water partition coefficient (Wildman–Crippen LogP) is 5.14. The van der Waals surface area contributed by atoms with E-state index in [1.54, 1.807) is 12.1 Å². The van der Waals surface area contributed by atoms with E-state index >= 15 is 0 Å². The molecule has 0 aromatic heterocycles. The Balaban J connectivity index is 1.42. The second-order valence-corrected chi connectivity index (χ2v) is 6.41. The van der Waals surface area contributed by atoms with Gasteiger partial charge in [-0.05, 0) is 42.2 Å². The van der Waals surface area contributed by atoms with Gasteiger partial charge in [-0.15, -0.1) is 0 Å². The molecular formula is C21H24O3. The first-order chi connectivity index (χ1) is 11.8. The van der Waals surface area contributed by atoms with Crippen LogP contribution in [0.5, 0.6) is 11.5 Å². The maximum Gasteiger partial charge on any atom is 0.311 e. The van der Waals surface area contributed by atoms with Crippen molar-refractivity contribution in [3.05, 3.63) is 60.2 Å². The molecule has 0 atom stereocenters. The molecule has 1 aliphatic rings. The van der Waals surface area contributed by atoms with Crippen LogP contribution in [0.1, 0.15) is 44.1 Å². The van der Waals surface area contributed by atoms with Gasteiger partial charge < -0.3 is 9.47 Å². The Morgan fingerprint density at radius 1 is 0.917 bits per heavy atom. The summed E-state index contributed by atoms with van der Waals surface area (Å²) in [4.78, 5) is 11.9. The predicted molar refractivity (Wildman–Crippen MR) is 94.0 cm³/mol. The van der Waals surface area contributed by atoms with Crippen molar-refractivity contribution in [1.82, 2.24) is 0 Å². The van der Waals surface area contributed by atoms with Crippen molar-refractivity contribution in [2.45, 2.75) is 45.1 Å². The summed E-state index contributed by atoms with van der Waals surface area (Å²) in [6, 6.07) is 17.3. The SMILES string of the molecule is O=C(CCC1CCCC1)Oc1ccc(OCc2ccccc2)cc1. The van der Waals surface area contributed by atoms with Gasteiger partial charge in [0.15, 0.2) is 0 Å². The number of carbonyl (C=O) groups excluding carboxylic acids is 1. The minimum absolute atomic E-state index is 0.139. The average molecular weight is 324 g/mol. The van der Waals surface area contributed by atoms with Crippen molar-refractivity contribution in [1.29, 1.82) is 0 Å². The Labute approximate surface area is 143 Å². The number of hydrogen-bond donors (Lipinski definition) is 0. The fourth-order valence-corrected chi connectivity index (χ4v) is 3.15. The Bertz CT molecular complexity index is 628. The molecule has 0 amide bonds. The van der Waals surface area contributed by atoms with Crippen molar-refractivity contribution in [3.63, 3.8) is 0 Å².